The Morgan fingerprint density at radius 2 is 1.53 bits per heavy atom. The zero-order chi connectivity index (χ0) is 20.9. The van der Waals surface area contributed by atoms with Gasteiger partial charge in [0.05, 0.1) is 12.1 Å². The van der Waals surface area contributed by atoms with Crippen molar-refractivity contribution in [3.63, 3.8) is 0 Å². The second kappa shape index (κ2) is 8.69. The molecular formula is C22H21N5O3. The minimum atomic E-state index is -0.303. The van der Waals surface area contributed by atoms with Crippen LogP contribution in [0.2, 0.25) is 0 Å². The number of benzene rings is 1. The molecule has 8 heteroatoms. The summed E-state index contributed by atoms with van der Waals surface area (Å²) in [6.45, 7) is 1.74. The Labute approximate surface area is 173 Å². The van der Waals surface area contributed by atoms with Crippen molar-refractivity contribution in [1.82, 2.24) is 24.6 Å². The summed E-state index contributed by atoms with van der Waals surface area (Å²) < 4.78 is 1.22. The monoisotopic (exact) mass is 403 g/mol. The number of aromatic nitrogens is 3. The Bertz CT molecular complexity index is 1090. The first-order chi connectivity index (χ1) is 14.6. The van der Waals surface area contributed by atoms with Crippen LogP contribution in [0, 0.1) is 0 Å². The molecule has 30 heavy (non-hydrogen) atoms. The van der Waals surface area contributed by atoms with E-state index in [0.29, 0.717) is 31.9 Å². The fourth-order valence-corrected chi connectivity index (χ4v) is 3.37. The van der Waals surface area contributed by atoms with Gasteiger partial charge in [0, 0.05) is 44.1 Å². The predicted octanol–water partition coefficient (Wildman–Crippen LogP) is 1.15. The zero-order valence-corrected chi connectivity index (χ0v) is 16.3. The summed E-state index contributed by atoms with van der Waals surface area (Å²) in [5, 5.41) is 4.25. The molecule has 0 N–H and O–H groups in total. The van der Waals surface area contributed by atoms with Crippen molar-refractivity contribution in [2.45, 2.75) is 6.42 Å². The van der Waals surface area contributed by atoms with Crippen LogP contribution in [0.15, 0.2) is 71.7 Å². The van der Waals surface area contributed by atoms with E-state index in [1.807, 2.05) is 24.3 Å². The number of pyridine rings is 1. The maximum Gasteiger partial charge on any atom is 0.274 e. The van der Waals surface area contributed by atoms with Crippen molar-refractivity contribution < 1.29 is 9.59 Å². The van der Waals surface area contributed by atoms with Gasteiger partial charge in [-0.2, -0.15) is 9.78 Å². The Kier molecular flexibility index (Phi) is 5.65. The van der Waals surface area contributed by atoms with E-state index < -0.39 is 0 Å². The summed E-state index contributed by atoms with van der Waals surface area (Å²) in [5.74, 6) is -0.256. The lowest BCUT2D eigenvalue weighted by atomic mass is 10.2. The number of carbonyl (C=O) groups excluding carboxylic acids is 2. The third-order valence-electron chi connectivity index (χ3n) is 5.00. The summed E-state index contributed by atoms with van der Waals surface area (Å²) in [6.07, 6.45) is 1.92. The van der Waals surface area contributed by atoms with E-state index in [4.69, 9.17) is 0 Å². The molecule has 4 rings (SSSR count). The van der Waals surface area contributed by atoms with E-state index in [0.717, 1.165) is 5.69 Å². The van der Waals surface area contributed by atoms with Crippen LogP contribution in [0.4, 0.5) is 0 Å². The fourth-order valence-electron chi connectivity index (χ4n) is 3.37. The minimum Gasteiger partial charge on any atom is -0.339 e. The molecule has 0 aliphatic carbocycles. The summed E-state index contributed by atoms with van der Waals surface area (Å²) in [6, 6.07) is 17.3. The Morgan fingerprint density at radius 1 is 0.833 bits per heavy atom. The minimum absolute atomic E-state index is 0.00319. The number of hydrogen-bond donors (Lipinski definition) is 0. The predicted molar refractivity (Wildman–Crippen MR) is 110 cm³/mol. The van der Waals surface area contributed by atoms with E-state index >= 15 is 0 Å². The third-order valence-corrected chi connectivity index (χ3v) is 5.00. The van der Waals surface area contributed by atoms with Crippen molar-refractivity contribution >= 4 is 11.8 Å². The molecule has 1 aliphatic heterocycles. The van der Waals surface area contributed by atoms with Crippen LogP contribution >= 0.6 is 0 Å². The van der Waals surface area contributed by atoms with Gasteiger partial charge in [0.2, 0.25) is 5.91 Å². The number of carbonyl (C=O) groups is 2. The van der Waals surface area contributed by atoms with Crippen LogP contribution < -0.4 is 5.56 Å². The SMILES string of the molecule is O=C(Cc1ccccn1)N1CCN(C(=O)c2ccc(=O)n(-c3ccccc3)n2)CC1. The van der Waals surface area contributed by atoms with Gasteiger partial charge in [0.25, 0.3) is 11.5 Å². The van der Waals surface area contributed by atoms with Gasteiger partial charge in [-0.3, -0.25) is 19.4 Å². The van der Waals surface area contributed by atoms with Crippen LogP contribution in [0.3, 0.4) is 0 Å². The van der Waals surface area contributed by atoms with E-state index in [-0.39, 0.29) is 29.5 Å². The van der Waals surface area contributed by atoms with Gasteiger partial charge < -0.3 is 9.80 Å². The normalized spacial score (nSPS) is 13.9. The Morgan fingerprint density at radius 3 is 2.23 bits per heavy atom. The molecule has 152 valence electrons. The lowest BCUT2D eigenvalue weighted by Crippen LogP contribution is -2.51. The first-order valence-corrected chi connectivity index (χ1v) is 9.74. The van der Waals surface area contributed by atoms with Gasteiger partial charge in [-0.25, -0.2) is 0 Å². The number of para-hydroxylation sites is 1. The Balaban J connectivity index is 1.41. The lowest BCUT2D eigenvalue weighted by Gasteiger charge is -2.34. The number of amides is 2. The fraction of sp³-hybridized carbons (Fsp3) is 0.227. The molecule has 8 nitrogen and oxygen atoms in total. The molecule has 0 atom stereocenters. The van der Waals surface area contributed by atoms with Crippen LogP contribution in [0.1, 0.15) is 16.2 Å². The second-order valence-corrected chi connectivity index (χ2v) is 6.98. The van der Waals surface area contributed by atoms with Crippen molar-refractivity contribution in [2.24, 2.45) is 0 Å². The van der Waals surface area contributed by atoms with Gasteiger partial charge in [-0.15, -0.1) is 0 Å². The number of piperazine rings is 1. The standard InChI is InChI=1S/C22H21N5O3/c28-20-10-9-19(24-27(20)18-7-2-1-3-8-18)22(30)26-14-12-25(13-15-26)21(29)16-17-6-4-5-11-23-17/h1-11H,12-16H2. The smallest absolute Gasteiger partial charge is 0.274 e. The highest BCUT2D eigenvalue weighted by molar-refractivity contribution is 5.92. The van der Waals surface area contributed by atoms with Crippen molar-refractivity contribution in [1.29, 1.82) is 0 Å². The average Bonchev–Trinajstić information content (AvgIpc) is 2.80. The number of nitrogens with zero attached hydrogens (tertiary/aromatic N) is 5. The van der Waals surface area contributed by atoms with E-state index in [9.17, 15) is 14.4 Å². The second-order valence-electron chi connectivity index (χ2n) is 6.98. The first-order valence-electron chi connectivity index (χ1n) is 9.74. The molecule has 0 bridgehead atoms. The zero-order valence-electron chi connectivity index (χ0n) is 16.3. The van der Waals surface area contributed by atoms with Crippen LogP contribution in [0.25, 0.3) is 5.69 Å². The molecule has 0 spiro atoms. The quantitative estimate of drug-likeness (QED) is 0.652. The summed E-state index contributed by atoms with van der Waals surface area (Å²) in [4.78, 5) is 45.1. The van der Waals surface area contributed by atoms with Crippen LogP contribution in [-0.2, 0) is 11.2 Å². The van der Waals surface area contributed by atoms with E-state index in [2.05, 4.69) is 10.1 Å². The van der Waals surface area contributed by atoms with Gasteiger partial charge in [-0.1, -0.05) is 24.3 Å². The molecule has 1 aromatic carbocycles. The lowest BCUT2D eigenvalue weighted by molar-refractivity contribution is -0.132. The van der Waals surface area contributed by atoms with Crippen molar-refractivity contribution in [3.8, 4) is 5.69 Å². The van der Waals surface area contributed by atoms with Crippen molar-refractivity contribution in [2.75, 3.05) is 26.2 Å². The topological polar surface area (TPSA) is 88.4 Å². The number of rotatable bonds is 4. The van der Waals surface area contributed by atoms with Crippen molar-refractivity contribution in [3.05, 3.63) is 88.6 Å². The number of hydrogen-bond acceptors (Lipinski definition) is 5. The van der Waals surface area contributed by atoms with Gasteiger partial charge in [0.1, 0.15) is 5.69 Å². The Hall–Kier alpha value is -3.81. The molecule has 0 radical (unpaired) electrons. The molecule has 2 amide bonds. The highest BCUT2D eigenvalue weighted by Gasteiger charge is 2.26. The molecule has 1 saturated heterocycles. The maximum absolute atomic E-state index is 12.9. The van der Waals surface area contributed by atoms with Crippen LogP contribution in [0.5, 0.6) is 0 Å². The highest BCUT2D eigenvalue weighted by Crippen LogP contribution is 2.10. The summed E-state index contributed by atoms with van der Waals surface area (Å²) in [5.41, 5.74) is 1.23. The van der Waals surface area contributed by atoms with Crippen LogP contribution in [-0.4, -0.2) is 62.6 Å². The molecule has 1 aliphatic rings. The first kappa shape index (κ1) is 19.5. The van der Waals surface area contributed by atoms with E-state index in [1.165, 1.54) is 16.8 Å². The molecule has 3 heterocycles. The molecule has 2 aromatic heterocycles. The molecular weight excluding hydrogens is 382 g/mol. The van der Waals surface area contributed by atoms with E-state index in [1.54, 1.807) is 40.3 Å². The largest absolute Gasteiger partial charge is 0.339 e. The molecule has 3 aromatic rings. The molecule has 0 unspecified atom stereocenters. The van der Waals surface area contributed by atoms with Gasteiger partial charge in [-0.05, 0) is 30.3 Å². The summed E-state index contributed by atoms with van der Waals surface area (Å²) in [7, 11) is 0. The maximum atomic E-state index is 12.9. The third kappa shape index (κ3) is 4.27. The van der Waals surface area contributed by atoms with Gasteiger partial charge >= 0.3 is 0 Å². The highest BCUT2D eigenvalue weighted by atomic mass is 16.2. The average molecular weight is 403 g/mol. The molecule has 1 fully saturated rings. The molecule has 0 saturated carbocycles. The van der Waals surface area contributed by atoms with Gasteiger partial charge in [0.15, 0.2) is 0 Å². The summed E-state index contributed by atoms with van der Waals surface area (Å²) >= 11 is 0.